The van der Waals surface area contributed by atoms with E-state index in [2.05, 4.69) is 39.7 Å². The predicted molar refractivity (Wildman–Crippen MR) is 62.7 cm³/mol. The van der Waals surface area contributed by atoms with Crippen molar-refractivity contribution >= 4 is 0 Å². The molecule has 1 atom stereocenters. The van der Waals surface area contributed by atoms with Gasteiger partial charge in [0.2, 0.25) is 0 Å². The van der Waals surface area contributed by atoms with Crippen LogP contribution in [-0.2, 0) is 6.42 Å². The lowest BCUT2D eigenvalue weighted by Crippen LogP contribution is -2.11. The summed E-state index contributed by atoms with van der Waals surface area (Å²) in [5.41, 5.74) is 8.18. The molecule has 1 aromatic carbocycles. The van der Waals surface area contributed by atoms with Crippen molar-refractivity contribution in [2.75, 3.05) is 0 Å². The number of H-pyrrole nitrogens is 1. The van der Waals surface area contributed by atoms with Crippen LogP contribution in [0, 0.1) is 0 Å². The molecule has 1 aromatic heterocycles. The van der Waals surface area contributed by atoms with Crippen molar-refractivity contribution in [3.8, 4) is 0 Å². The maximum atomic E-state index is 5.98. The Morgan fingerprint density at radius 1 is 1.25 bits per heavy atom. The first-order valence-electron chi connectivity index (χ1n) is 5.51. The number of hydrogen-bond donors (Lipinski definition) is 2. The van der Waals surface area contributed by atoms with Crippen molar-refractivity contribution in [1.82, 2.24) is 15.4 Å². The van der Waals surface area contributed by atoms with Gasteiger partial charge in [-0.05, 0) is 24.8 Å². The highest BCUT2D eigenvalue weighted by Gasteiger charge is 2.07. The van der Waals surface area contributed by atoms with E-state index in [4.69, 9.17) is 5.73 Å². The van der Waals surface area contributed by atoms with Crippen LogP contribution in [0.3, 0.4) is 0 Å². The fourth-order valence-corrected chi connectivity index (χ4v) is 1.71. The Morgan fingerprint density at radius 3 is 2.75 bits per heavy atom. The zero-order chi connectivity index (χ0) is 11.2. The summed E-state index contributed by atoms with van der Waals surface area (Å²) in [5, 5.41) is 10.3. The van der Waals surface area contributed by atoms with E-state index in [1.807, 2.05) is 6.07 Å². The Kier molecular flexibility index (Phi) is 3.66. The van der Waals surface area contributed by atoms with Crippen LogP contribution >= 0.6 is 0 Å². The van der Waals surface area contributed by atoms with Gasteiger partial charge in [-0.3, -0.25) is 0 Å². The van der Waals surface area contributed by atoms with Crippen LogP contribution in [-0.4, -0.2) is 15.4 Å². The molecule has 1 unspecified atom stereocenters. The molecule has 0 spiro atoms. The van der Waals surface area contributed by atoms with Crippen LogP contribution in [0.25, 0.3) is 0 Å². The molecular formula is C12H16N4. The van der Waals surface area contributed by atoms with Gasteiger partial charge in [0.25, 0.3) is 0 Å². The molecule has 0 fully saturated rings. The predicted octanol–water partition coefficient (Wildman–Crippen LogP) is 1.83. The summed E-state index contributed by atoms with van der Waals surface area (Å²) in [4.78, 5) is 0. The van der Waals surface area contributed by atoms with Gasteiger partial charge in [-0.2, -0.15) is 15.4 Å². The smallest absolute Gasteiger partial charge is 0.0991 e. The third kappa shape index (κ3) is 2.90. The number of hydrogen-bond acceptors (Lipinski definition) is 3. The molecule has 0 aliphatic rings. The highest BCUT2D eigenvalue weighted by Crippen LogP contribution is 2.14. The lowest BCUT2D eigenvalue weighted by molar-refractivity contribution is 0.596. The molecule has 1 heterocycles. The summed E-state index contributed by atoms with van der Waals surface area (Å²) in [7, 11) is 0. The Balaban J connectivity index is 1.76. The first kappa shape index (κ1) is 10.8. The Hall–Kier alpha value is -1.68. The Labute approximate surface area is 94.9 Å². The third-order valence-corrected chi connectivity index (χ3v) is 2.64. The molecule has 3 N–H and O–H groups in total. The molecule has 0 bridgehead atoms. The van der Waals surface area contributed by atoms with E-state index in [-0.39, 0.29) is 6.04 Å². The van der Waals surface area contributed by atoms with Crippen LogP contribution in [0.5, 0.6) is 0 Å². The van der Waals surface area contributed by atoms with Gasteiger partial charge in [0.05, 0.1) is 17.9 Å². The summed E-state index contributed by atoms with van der Waals surface area (Å²) >= 11 is 0. The van der Waals surface area contributed by atoms with Crippen molar-refractivity contribution in [3.63, 3.8) is 0 Å². The zero-order valence-corrected chi connectivity index (χ0v) is 9.13. The topological polar surface area (TPSA) is 67.6 Å². The molecule has 0 saturated heterocycles. The van der Waals surface area contributed by atoms with Crippen molar-refractivity contribution in [2.45, 2.75) is 25.3 Å². The lowest BCUT2D eigenvalue weighted by Gasteiger charge is -2.07. The maximum Gasteiger partial charge on any atom is 0.0991 e. The first-order valence-corrected chi connectivity index (χ1v) is 5.51. The fourth-order valence-electron chi connectivity index (χ4n) is 1.71. The highest BCUT2D eigenvalue weighted by molar-refractivity contribution is 5.14. The Morgan fingerprint density at radius 2 is 2.06 bits per heavy atom. The molecule has 0 amide bonds. The van der Waals surface area contributed by atoms with Crippen LogP contribution in [0.1, 0.15) is 30.1 Å². The van der Waals surface area contributed by atoms with E-state index in [0.717, 1.165) is 25.0 Å². The van der Waals surface area contributed by atoms with Crippen molar-refractivity contribution in [1.29, 1.82) is 0 Å². The summed E-state index contributed by atoms with van der Waals surface area (Å²) < 4.78 is 0. The lowest BCUT2D eigenvalue weighted by atomic mass is 10.0. The van der Waals surface area contributed by atoms with E-state index in [1.54, 1.807) is 6.20 Å². The van der Waals surface area contributed by atoms with E-state index in [1.165, 1.54) is 5.56 Å². The molecule has 84 valence electrons. The van der Waals surface area contributed by atoms with Gasteiger partial charge < -0.3 is 5.73 Å². The second-order valence-corrected chi connectivity index (χ2v) is 3.88. The van der Waals surface area contributed by atoms with Crippen molar-refractivity contribution in [3.05, 3.63) is 47.8 Å². The summed E-state index contributed by atoms with van der Waals surface area (Å²) in [6, 6.07) is 10.4. The Bertz CT molecular complexity index is 396. The fraction of sp³-hybridized carbons (Fsp3) is 0.333. The van der Waals surface area contributed by atoms with Crippen LogP contribution in [0.15, 0.2) is 36.5 Å². The average molecular weight is 216 g/mol. The van der Waals surface area contributed by atoms with Crippen molar-refractivity contribution < 1.29 is 0 Å². The molecule has 16 heavy (non-hydrogen) atoms. The number of nitrogens with zero attached hydrogens (tertiary/aromatic N) is 2. The van der Waals surface area contributed by atoms with E-state index in [9.17, 15) is 0 Å². The number of rotatable bonds is 5. The van der Waals surface area contributed by atoms with Crippen molar-refractivity contribution in [2.24, 2.45) is 5.73 Å². The van der Waals surface area contributed by atoms with Gasteiger partial charge >= 0.3 is 0 Å². The normalized spacial score (nSPS) is 12.6. The summed E-state index contributed by atoms with van der Waals surface area (Å²) in [6.07, 6.45) is 4.75. The molecule has 4 heteroatoms. The van der Waals surface area contributed by atoms with E-state index in [0.29, 0.717) is 0 Å². The standard InChI is InChI=1S/C12H16N4/c13-11(12-9-14-16-15-12)8-4-7-10-5-2-1-3-6-10/h1-3,5-6,9,11H,4,7-8,13H2,(H,14,15,16). The average Bonchev–Trinajstić information content (AvgIpc) is 2.84. The minimum absolute atomic E-state index is 0.0116. The van der Waals surface area contributed by atoms with Gasteiger partial charge in [0, 0.05) is 0 Å². The molecule has 0 radical (unpaired) electrons. The minimum atomic E-state index is -0.0116. The summed E-state index contributed by atoms with van der Waals surface area (Å²) in [6.45, 7) is 0. The van der Waals surface area contributed by atoms with Crippen LogP contribution in [0.4, 0.5) is 0 Å². The van der Waals surface area contributed by atoms with Crippen LogP contribution in [0.2, 0.25) is 0 Å². The maximum absolute atomic E-state index is 5.98. The van der Waals surface area contributed by atoms with E-state index < -0.39 is 0 Å². The zero-order valence-electron chi connectivity index (χ0n) is 9.13. The number of aromatic nitrogens is 3. The van der Waals surface area contributed by atoms with Gasteiger partial charge in [-0.25, -0.2) is 0 Å². The molecule has 0 aliphatic heterocycles. The number of benzene rings is 1. The quantitative estimate of drug-likeness (QED) is 0.801. The second kappa shape index (κ2) is 5.42. The van der Waals surface area contributed by atoms with E-state index >= 15 is 0 Å². The van der Waals surface area contributed by atoms with Gasteiger partial charge in [0.15, 0.2) is 0 Å². The SMILES string of the molecule is NC(CCCc1ccccc1)c1cn[nH]n1. The number of aromatic amines is 1. The van der Waals surface area contributed by atoms with Gasteiger partial charge in [-0.1, -0.05) is 30.3 Å². The number of aryl methyl sites for hydroxylation is 1. The number of nitrogens with one attached hydrogen (secondary N) is 1. The molecule has 2 rings (SSSR count). The molecule has 4 nitrogen and oxygen atoms in total. The van der Waals surface area contributed by atoms with Gasteiger partial charge in [-0.15, -0.1) is 0 Å². The largest absolute Gasteiger partial charge is 0.323 e. The summed E-state index contributed by atoms with van der Waals surface area (Å²) in [5.74, 6) is 0. The molecule has 0 aliphatic carbocycles. The minimum Gasteiger partial charge on any atom is -0.323 e. The highest BCUT2D eigenvalue weighted by atomic mass is 15.3. The molecule has 2 aromatic rings. The second-order valence-electron chi connectivity index (χ2n) is 3.88. The van der Waals surface area contributed by atoms with Gasteiger partial charge in [0.1, 0.15) is 0 Å². The first-order chi connectivity index (χ1) is 7.86. The molecule has 0 saturated carbocycles. The third-order valence-electron chi connectivity index (χ3n) is 2.64. The molecular weight excluding hydrogens is 200 g/mol. The van der Waals surface area contributed by atoms with Crippen LogP contribution < -0.4 is 5.73 Å². The number of nitrogens with two attached hydrogens (primary N) is 1. The monoisotopic (exact) mass is 216 g/mol.